The number of ether oxygens (including phenoxy) is 2. The standard InChI is InChI=1S/C27H32N8O5/c1-34(14-20-22(36)23(37)26(40-20)35-16-32-21-24(28)30-15-31-25(21)35)13-5-12-29-27(38)33-17-8-10-19(11-9-17)39-18-6-3-2-4-7-18/h2-4,6-11,15-16,20,22-23,26,36-37H,5,12-14H2,1H3,(H2,28,30,31)(H2,29,33,38)/t20-,22+,23-,26-/m1/s1. The zero-order valence-electron chi connectivity index (χ0n) is 21.9. The van der Waals surface area contributed by atoms with Gasteiger partial charge in [-0.15, -0.1) is 0 Å². The molecule has 1 aliphatic rings. The van der Waals surface area contributed by atoms with Crippen LogP contribution in [-0.2, 0) is 4.74 Å². The molecule has 0 saturated carbocycles. The van der Waals surface area contributed by atoms with Gasteiger partial charge in [-0.1, -0.05) is 18.2 Å². The molecule has 4 aromatic rings. The first-order valence-electron chi connectivity index (χ1n) is 12.9. The van der Waals surface area contributed by atoms with Crippen LogP contribution in [0.4, 0.5) is 16.3 Å². The highest BCUT2D eigenvalue weighted by atomic mass is 16.6. The van der Waals surface area contributed by atoms with Crippen LogP contribution in [0.1, 0.15) is 12.6 Å². The Morgan fingerprint density at radius 3 is 2.60 bits per heavy atom. The molecule has 13 heteroatoms. The van der Waals surface area contributed by atoms with E-state index in [1.807, 2.05) is 42.3 Å². The van der Waals surface area contributed by atoms with Crippen LogP contribution in [0, 0.1) is 0 Å². The summed E-state index contributed by atoms with van der Waals surface area (Å²) in [6.45, 7) is 1.46. The van der Waals surface area contributed by atoms with Gasteiger partial charge in [-0.05, 0) is 56.4 Å². The van der Waals surface area contributed by atoms with Gasteiger partial charge in [0.15, 0.2) is 17.7 Å². The lowest BCUT2D eigenvalue weighted by Crippen LogP contribution is -2.39. The predicted octanol–water partition coefficient (Wildman–Crippen LogP) is 1.96. The number of aliphatic hydroxyl groups is 2. The minimum Gasteiger partial charge on any atom is -0.457 e. The van der Waals surface area contributed by atoms with Crippen LogP contribution in [0.15, 0.2) is 67.3 Å². The van der Waals surface area contributed by atoms with Crippen molar-refractivity contribution in [3.05, 3.63) is 67.3 Å². The third kappa shape index (κ3) is 6.29. The van der Waals surface area contributed by atoms with Gasteiger partial charge >= 0.3 is 6.03 Å². The topological polar surface area (TPSA) is 173 Å². The maximum Gasteiger partial charge on any atom is 0.319 e. The molecule has 1 aliphatic heterocycles. The van der Waals surface area contributed by atoms with E-state index in [-0.39, 0.29) is 11.8 Å². The highest BCUT2D eigenvalue weighted by Gasteiger charge is 2.44. The fourth-order valence-corrected chi connectivity index (χ4v) is 4.52. The second kappa shape index (κ2) is 12.3. The number of hydrogen-bond acceptors (Lipinski definition) is 10. The number of aliphatic hydroxyl groups excluding tert-OH is 2. The van der Waals surface area contributed by atoms with E-state index in [4.69, 9.17) is 15.2 Å². The van der Waals surface area contributed by atoms with Gasteiger partial charge in [-0.25, -0.2) is 19.7 Å². The Morgan fingerprint density at radius 1 is 1.07 bits per heavy atom. The van der Waals surface area contributed by atoms with E-state index in [2.05, 4.69) is 25.6 Å². The highest BCUT2D eigenvalue weighted by Crippen LogP contribution is 2.32. The highest BCUT2D eigenvalue weighted by molar-refractivity contribution is 5.89. The summed E-state index contributed by atoms with van der Waals surface area (Å²) in [5.41, 5.74) is 7.31. The number of carbonyl (C=O) groups is 1. The van der Waals surface area contributed by atoms with Gasteiger partial charge in [0.25, 0.3) is 0 Å². The summed E-state index contributed by atoms with van der Waals surface area (Å²) in [6, 6.07) is 16.3. The SMILES string of the molecule is CN(CCCNC(=O)Nc1ccc(Oc2ccccc2)cc1)C[C@H]1O[C@@H](n2cnc3c(N)ncnc32)[C@H](O)[C@H]1O. The first-order valence-corrected chi connectivity index (χ1v) is 12.9. The lowest BCUT2D eigenvalue weighted by Gasteiger charge is -2.22. The summed E-state index contributed by atoms with van der Waals surface area (Å²) in [7, 11) is 1.88. The van der Waals surface area contributed by atoms with Gasteiger partial charge in [0, 0.05) is 18.8 Å². The Balaban J connectivity index is 1.03. The molecular weight excluding hydrogens is 516 g/mol. The molecule has 2 aromatic heterocycles. The minimum atomic E-state index is -1.17. The fraction of sp³-hybridized carbons (Fsp3) is 0.333. The van der Waals surface area contributed by atoms with Gasteiger partial charge in [-0.2, -0.15) is 0 Å². The van der Waals surface area contributed by atoms with Crippen molar-refractivity contribution in [1.82, 2.24) is 29.7 Å². The fourth-order valence-electron chi connectivity index (χ4n) is 4.52. The summed E-state index contributed by atoms with van der Waals surface area (Å²) in [4.78, 5) is 26.6. The Kier molecular flexibility index (Phi) is 8.36. The minimum absolute atomic E-state index is 0.224. The molecule has 3 heterocycles. The van der Waals surface area contributed by atoms with Gasteiger partial charge in [0.1, 0.15) is 41.7 Å². The van der Waals surface area contributed by atoms with Gasteiger partial charge in [0.05, 0.1) is 6.33 Å². The van der Waals surface area contributed by atoms with E-state index in [0.29, 0.717) is 48.7 Å². The van der Waals surface area contributed by atoms with Gasteiger partial charge in [0.2, 0.25) is 0 Å². The Labute approximate surface area is 230 Å². The van der Waals surface area contributed by atoms with Gasteiger partial charge < -0.3 is 41.0 Å². The zero-order valence-corrected chi connectivity index (χ0v) is 21.9. The molecular formula is C27H32N8O5. The molecule has 0 bridgehead atoms. The van der Waals surface area contributed by atoms with Crippen LogP contribution in [0.2, 0.25) is 0 Å². The molecule has 0 aliphatic carbocycles. The number of benzene rings is 2. The van der Waals surface area contributed by atoms with Crippen LogP contribution >= 0.6 is 0 Å². The lowest BCUT2D eigenvalue weighted by atomic mass is 10.1. The maximum atomic E-state index is 12.3. The van der Waals surface area contributed by atoms with E-state index >= 15 is 0 Å². The molecule has 13 nitrogen and oxygen atoms in total. The number of aromatic nitrogens is 4. The third-order valence-corrected chi connectivity index (χ3v) is 6.58. The number of likely N-dealkylation sites (N-methyl/N-ethyl adjacent to an activating group) is 1. The average molecular weight is 549 g/mol. The number of nitrogens with two attached hydrogens (primary N) is 1. The van der Waals surface area contributed by atoms with Crippen LogP contribution in [-0.4, -0.2) is 85.7 Å². The number of nitrogens with one attached hydrogen (secondary N) is 2. The van der Waals surface area contributed by atoms with Crippen molar-refractivity contribution >= 4 is 28.7 Å². The summed E-state index contributed by atoms with van der Waals surface area (Å²) < 4.78 is 13.3. The molecule has 2 amide bonds. The van der Waals surface area contributed by atoms with E-state index in [9.17, 15) is 15.0 Å². The first kappa shape index (κ1) is 27.3. The van der Waals surface area contributed by atoms with Gasteiger partial charge in [-0.3, -0.25) is 4.57 Å². The number of nitrogen functional groups attached to an aromatic ring is 1. The molecule has 1 saturated heterocycles. The van der Waals surface area contributed by atoms with Crippen molar-refractivity contribution < 1.29 is 24.5 Å². The van der Waals surface area contributed by atoms with Crippen molar-refractivity contribution in [2.24, 2.45) is 0 Å². The molecule has 0 spiro atoms. The number of rotatable bonds is 10. The number of hydrogen-bond donors (Lipinski definition) is 5. The van der Waals surface area contributed by atoms with E-state index in [1.54, 1.807) is 28.8 Å². The number of carbonyl (C=O) groups excluding carboxylic acids is 1. The number of imidazole rings is 1. The molecule has 6 N–H and O–H groups in total. The van der Waals surface area contributed by atoms with Crippen molar-refractivity contribution in [1.29, 1.82) is 0 Å². The molecule has 4 atom stereocenters. The normalized spacial score (nSPS) is 20.6. The monoisotopic (exact) mass is 548 g/mol. The maximum absolute atomic E-state index is 12.3. The van der Waals surface area contributed by atoms with Crippen LogP contribution in [0.5, 0.6) is 11.5 Å². The molecule has 1 fully saturated rings. The molecule has 0 radical (unpaired) electrons. The Morgan fingerprint density at radius 2 is 1.82 bits per heavy atom. The van der Waals surface area contributed by atoms with Crippen LogP contribution in [0.3, 0.4) is 0 Å². The number of para-hydroxylation sites is 1. The van der Waals surface area contributed by atoms with Crippen LogP contribution < -0.4 is 21.1 Å². The Bertz CT molecular complexity index is 1420. The number of nitrogens with zero attached hydrogens (tertiary/aromatic N) is 5. The van der Waals surface area contributed by atoms with E-state index < -0.39 is 24.5 Å². The lowest BCUT2D eigenvalue weighted by molar-refractivity contribution is -0.0421. The average Bonchev–Trinajstić information content (AvgIpc) is 3.50. The van der Waals surface area contributed by atoms with Crippen LogP contribution in [0.25, 0.3) is 11.2 Å². The number of amides is 2. The number of anilines is 2. The smallest absolute Gasteiger partial charge is 0.319 e. The largest absolute Gasteiger partial charge is 0.457 e. The van der Waals surface area contributed by atoms with Crippen molar-refractivity contribution in [2.45, 2.75) is 31.0 Å². The van der Waals surface area contributed by atoms with Crippen molar-refractivity contribution in [3.8, 4) is 11.5 Å². The number of urea groups is 1. The number of fused-ring (bicyclic) bond motifs is 1. The molecule has 0 unspecified atom stereocenters. The summed E-state index contributed by atoms with van der Waals surface area (Å²) >= 11 is 0. The predicted molar refractivity (Wildman–Crippen MR) is 148 cm³/mol. The molecule has 210 valence electrons. The summed E-state index contributed by atoms with van der Waals surface area (Å²) in [6.07, 6.45) is -0.320. The molecule has 2 aromatic carbocycles. The molecule has 5 rings (SSSR count). The summed E-state index contributed by atoms with van der Waals surface area (Å²) in [5, 5.41) is 26.9. The van der Waals surface area contributed by atoms with Crippen molar-refractivity contribution in [2.75, 3.05) is 37.7 Å². The van der Waals surface area contributed by atoms with E-state index in [1.165, 1.54) is 12.7 Å². The summed E-state index contributed by atoms with van der Waals surface area (Å²) in [5.74, 6) is 1.64. The second-order valence-corrected chi connectivity index (χ2v) is 9.57. The third-order valence-electron chi connectivity index (χ3n) is 6.58. The van der Waals surface area contributed by atoms with E-state index in [0.717, 1.165) is 5.75 Å². The molecule has 40 heavy (non-hydrogen) atoms. The first-order chi connectivity index (χ1) is 19.4. The van der Waals surface area contributed by atoms with Crippen molar-refractivity contribution in [3.63, 3.8) is 0 Å². The zero-order chi connectivity index (χ0) is 28.1. The second-order valence-electron chi connectivity index (χ2n) is 9.57. The quantitative estimate of drug-likeness (QED) is 0.184. The Hall–Kier alpha value is -4.30.